The molecule has 0 aromatic rings. The zero-order chi connectivity index (χ0) is 11.5. The molecule has 0 spiro atoms. The van der Waals surface area contributed by atoms with Gasteiger partial charge in [-0.3, -0.25) is 4.90 Å². The molecule has 0 amide bonds. The third-order valence-electron chi connectivity index (χ3n) is 4.86. The average molecular weight is 225 g/mol. The van der Waals surface area contributed by atoms with Crippen LogP contribution < -0.4 is 0 Å². The van der Waals surface area contributed by atoms with E-state index in [2.05, 4.69) is 18.7 Å². The Hall–Kier alpha value is -0.0800. The van der Waals surface area contributed by atoms with Crippen LogP contribution in [0.4, 0.5) is 0 Å². The van der Waals surface area contributed by atoms with Gasteiger partial charge in [-0.1, -0.05) is 26.7 Å². The van der Waals surface area contributed by atoms with Gasteiger partial charge in [-0.15, -0.1) is 0 Å². The van der Waals surface area contributed by atoms with Gasteiger partial charge < -0.3 is 5.11 Å². The average Bonchev–Trinajstić information content (AvgIpc) is 2.82. The number of aliphatic hydroxyl groups excluding tert-OH is 1. The Morgan fingerprint density at radius 2 is 1.56 bits per heavy atom. The van der Waals surface area contributed by atoms with E-state index in [1.54, 1.807) is 0 Å². The molecular formula is C14H27NO. The van der Waals surface area contributed by atoms with Crippen molar-refractivity contribution in [3.05, 3.63) is 0 Å². The van der Waals surface area contributed by atoms with Crippen molar-refractivity contribution < 1.29 is 5.11 Å². The highest BCUT2D eigenvalue weighted by molar-refractivity contribution is 4.91. The highest BCUT2D eigenvalue weighted by Gasteiger charge is 2.37. The van der Waals surface area contributed by atoms with Crippen LogP contribution in [0.1, 0.15) is 52.4 Å². The number of nitrogens with zero attached hydrogens (tertiary/aromatic N) is 1. The topological polar surface area (TPSA) is 23.5 Å². The second-order valence-electron chi connectivity index (χ2n) is 5.69. The van der Waals surface area contributed by atoms with E-state index in [0.717, 1.165) is 18.3 Å². The summed E-state index contributed by atoms with van der Waals surface area (Å²) in [6.07, 6.45) is 7.39. The fraction of sp³-hybridized carbons (Fsp3) is 1.00. The molecule has 2 heteroatoms. The first-order chi connectivity index (χ1) is 7.76. The van der Waals surface area contributed by atoms with Gasteiger partial charge in [0.15, 0.2) is 0 Å². The molecule has 1 heterocycles. The molecule has 0 aromatic carbocycles. The van der Waals surface area contributed by atoms with Crippen molar-refractivity contribution in [2.75, 3.05) is 13.1 Å². The molecule has 94 valence electrons. The van der Waals surface area contributed by atoms with Crippen LogP contribution in [0.25, 0.3) is 0 Å². The number of likely N-dealkylation sites (tertiary alicyclic amines) is 1. The first-order valence-corrected chi connectivity index (χ1v) is 7.18. The molecule has 2 unspecified atom stereocenters. The van der Waals surface area contributed by atoms with E-state index in [-0.39, 0.29) is 6.10 Å². The Morgan fingerprint density at radius 3 is 2.12 bits per heavy atom. The Labute approximate surface area is 100 Å². The van der Waals surface area contributed by atoms with Gasteiger partial charge in [0.25, 0.3) is 0 Å². The summed E-state index contributed by atoms with van der Waals surface area (Å²) in [6, 6.07) is 0.468. The lowest BCUT2D eigenvalue weighted by atomic mass is 9.72. The minimum Gasteiger partial charge on any atom is -0.391 e. The van der Waals surface area contributed by atoms with Gasteiger partial charge in [-0.25, -0.2) is 0 Å². The summed E-state index contributed by atoms with van der Waals surface area (Å²) >= 11 is 0. The Kier molecular flexibility index (Phi) is 4.26. The van der Waals surface area contributed by atoms with Crippen molar-refractivity contribution in [2.45, 2.75) is 64.5 Å². The summed E-state index contributed by atoms with van der Waals surface area (Å²) in [7, 11) is 0. The summed E-state index contributed by atoms with van der Waals surface area (Å²) in [5.41, 5.74) is 0. The normalized spacial score (nSPS) is 41.4. The maximum absolute atomic E-state index is 10.3. The first kappa shape index (κ1) is 12.4. The fourth-order valence-corrected chi connectivity index (χ4v) is 3.79. The Morgan fingerprint density at radius 1 is 1.00 bits per heavy atom. The van der Waals surface area contributed by atoms with E-state index in [1.807, 2.05) is 0 Å². The third-order valence-corrected chi connectivity index (χ3v) is 4.86. The highest BCUT2D eigenvalue weighted by atomic mass is 16.3. The second-order valence-corrected chi connectivity index (χ2v) is 5.69. The number of hydrogen-bond acceptors (Lipinski definition) is 2. The largest absolute Gasteiger partial charge is 0.391 e. The van der Waals surface area contributed by atoms with Gasteiger partial charge in [-0.05, 0) is 50.6 Å². The number of hydrogen-bond donors (Lipinski definition) is 1. The monoisotopic (exact) mass is 225 g/mol. The van der Waals surface area contributed by atoms with Gasteiger partial charge in [0.05, 0.1) is 6.10 Å². The molecule has 2 fully saturated rings. The third kappa shape index (κ3) is 2.43. The summed E-state index contributed by atoms with van der Waals surface area (Å²) < 4.78 is 0. The zero-order valence-electron chi connectivity index (χ0n) is 10.9. The van der Waals surface area contributed by atoms with Crippen LogP contribution in [0.15, 0.2) is 0 Å². The fourth-order valence-electron chi connectivity index (χ4n) is 3.79. The van der Waals surface area contributed by atoms with Crippen LogP contribution in [0.2, 0.25) is 0 Å². The summed E-state index contributed by atoms with van der Waals surface area (Å²) in [6.45, 7) is 7.02. The van der Waals surface area contributed by atoms with Gasteiger partial charge in [0.2, 0.25) is 0 Å². The Bertz CT molecular complexity index is 213. The summed E-state index contributed by atoms with van der Waals surface area (Å²) in [4.78, 5) is 2.54. The molecule has 2 rings (SSSR count). The lowest BCUT2D eigenvalue weighted by molar-refractivity contribution is -0.0146. The SMILES string of the molecule is CCC1C[C@@H](O)[C@H](N2CCCC2)CC1CC. The molecule has 4 atom stereocenters. The van der Waals surface area contributed by atoms with Crippen molar-refractivity contribution in [2.24, 2.45) is 11.8 Å². The van der Waals surface area contributed by atoms with Crippen molar-refractivity contribution in [3.8, 4) is 0 Å². The maximum atomic E-state index is 10.3. The highest BCUT2D eigenvalue weighted by Crippen LogP contribution is 2.37. The molecule has 2 aliphatic rings. The zero-order valence-corrected chi connectivity index (χ0v) is 10.9. The smallest absolute Gasteiger partial charge is 0.0698 e. The molecule has 1 saturated heterocycles. The number of rotatable bonds is 3. The first-order valence-electron chi connectivity index (χ1n) is 7.18. The van der Waals surface area contributed by atoms with Crippen LogP contribution in [0, 0.1) is 11.8 Å². The van der Waals surface area contributed by atoms with Gasteiger partial charge in [0, 0.05) is 6.04 Å². The minimum absolute atomic E-state index is 0.0640. The predicted molar refractivity (Wildman–Crippen MR) is 67.4 cm³/mol. The van der Waals surface area contributed by atoms with E-state index < -0.39 is 0 Å². The molecule has 1 N–H and O–H groups in total. The Balaban J connectivity index is 1.98. The van der Waals surface area contributed by atoms with E-state index in [1.165, 1.54) is 45.2 Å². The molecule has 16 heavy (non-hydrogen) atoms. The molecule has 1 saturated carbocycles. The van der Waals surface area contributed by atoms with Crippen LogP contribution in [-0.4, -0.2) is 35.2 Å². The molecule has 2 nitrogen and oxygen atoms in total. The quantitative estimate of drug-likeness (QED) is 0.798. The molecule has 0 aromatic heterocycles. The predicted octanol–water partition coefficient (Wildman–Crippen LogP) is 2.66. The molecule has 0 bridgehead atoms. The lowest BCUT2D eigenvalue weighted by Crippen LogP contribution is -2.48. The van der Waals surface area contributed by atoms with Crippen LogP contribution >= 0.6 is 0 Å². The van der Waals surface area contributed by atoms with Crippen LogP contribution in [0.3, 0.4) is 0 Å². The van der Waals surface area contributed by atoms with E-state index in [9.17, 15) is 5.11 Å². The van der Waals surface area contributed by atoms with Crippen molar-refractivity contribution in [1.29, 1.82) is 0 Å². The van der Waals surface area contributed by atoms with E-state index in [4.69, 9.17) is 0 Å². The minimum atomic E-state index is -0.0640. The summed E-state index contributed by atoms with van der Waals surface area (Å²) in [5.74, 6) is 1.61. The molecule has 0 radical (unpaired) electrons. The molecular weight excluding hydrogens is 198 g/mol. The van der Waals surface area contributed by atoms with E-state index >= 15 is 0 Å². The molecule has 1 aliphatic carbocycles. The lowest BCUT2D eigenvalue weighted by Gasteiger charge is -2.42. The van der Waals surface area contributed by atoms with E-state index in [0.29, 0.717) is 6.04 Å². The van der Waals surface area contributed by atoms with Crippen LogP contribution in [-0.2, 0) is 0 Å². The summed E-state index contributed by atoms with van der Waals surface area (Å²) in [5, 5.41) is 10.3. The van der Waals surface area contributed by atoms with Crippen molar-refractivity contribution in [3.63, 3.8) is 0 Å². The van der Waals surface area contributed by atoms with Gasteiger partial charge >= 0.3 is 0 Å². The maximum Gasteiger partial charge on any atom is 0.0698 e. The van der Waals surface area contributed by atoms with Gasteiger partial charge in [-0.2, -0.15) is 0 Å². The standard InChI is InChI=1S/C14H27NO/c1-3-11-9-13(15-7-5-6-8-15)14(16)10-12(11)4-2/h11-14,16H,3-10H2,1-2H3/t11?,12?,13-,14-/m1/s1. The van der Waals surface area contributed by atoms with Crippen LogP contribution in [0.5, 0.6) is 0 Å². The molecule has 1 aliphatic heterocycles. The second kappa shape index (κ2) is 5.50. The number of aliphatic hydroxyl groups is 1. The van der Waals surface area contributed by atoms with Gasteiger partial charge in [0.1, 0.15) is 0 Å². The van der Waals surface area contributed by atoms with Crippen molar-refractivity contribution >= 4 is 0 Å². The van der Waals surface area contributed by atoms with Crippen molar-refractivity contribution in [1.82, 2.24) is 4.90 Å².